The molecule has 0 N–H and O–H groups in total. The maximum atomic E-state index is 13.6. The van der Waals surface area contributed by atoms with Gasteiger partial charge in [-0.05, 0) is 56.0 Å². The first-order chi connectivity index (χ1) is 16.7. The van der Waals surface area contributed by atoms with Crippen molar-refractivity contribution in [1.82, 2.24) is 24.1 Å². The number of pyridine rings is 2. The SMILES string of the molecule is Cc1cc(C(F)(F)F)cc(N2C(=O)C3CCCC3C2c2nccn2-c2ccc3ccn(C)c3n2)n1. The number of aromatic nitrogens is 5. The first-order valence-electron chi connectivity index (χ1n) is 11.6. The second-order valence-electron chi connectivity index (χ2n) is 9.37. The van der Waals surface area contributed by atoms with Crippen LogP contribution in [-0.4, -0.2) is 30.0 Å². The fourth-order valence-corrected chi connectivity index (χ4v) is 5.67. The molecule has 1 amide bonds. The summed E-state index contributed by atoms with van der Waals surface area (Å²) in [7, 11) is 1.91. The lowest BCUT2D eigenvalue weighted by Crippen LogP contribution is -2.33. The summed E-state index contributed by atoms with van der Waals surface area (Å²) in [5.74, 6) is 0.718. The molecule has 3 atom stereocenters. The highest BCUT2D eigenvalue weighted by Crippen LogP contribution is 2.51. The van der Waals surface area contributed by atoms with Gasteiger partial charge in [0.1, 0.15) is 29.1 Å². The maximum absolute atomic E-state index is 13.6. The molecule has 180 valence electrons. The Morgan fingerprint density at radius 2 is 1.86 bits per heavy atom. The average Bonchev–Trinajstić information content (AvgIpc) is 3.58. The topological polar surface area (TPSA) is 68.8 Å². The molecule has 1 saturated carbocycles. The third-order valence-electron chi connectivity index (χ3n) is 7.20. The number of nitrogens with zero attached hydrogens (tertiary/aromatic N) is 6. The first-order valence-corrected chi connectivity index (χ1v) is 11.6. The number of alkyl halides is 3. The molecule has 10 heteroatoms. The highest BCUT2D eigenvalue weighted by atomic mass is 19.4. The van der Waals surface area contributed by atoms with Crippen LogP contribution in [0.3, 0.4) is 0 Å². The van der Waals surface area contributed by atoms with Crippen LogP contribution in [0.2, 0.25) is 0 Å². The Labute approximate surface area is 199 Å². The molecule has 1 aliphatic carbocycles. The van der Waals surface area contributed by atoms with Crippen molar-refractivity contribution in [1.29, 1.82) is 0 Å². The molecular weight excluding hydrogens is 457 g/mol. The van der Waals surface area contributed by atoms with E-state index in [0.717, 1.165) is 36.0 Å². The molecule has 4 aromatic rings. The van der Waals surface area contributed by atoms with Gasteiger partial charge in [-0.2, -0.15) is 13.2 Å². The van der Waals surface area contributed by atoms with Crippen molar-refractivity contribution in [3.8, 4) is 5.82 Å². The van der Waals surface area contributed by atoms with Crippen LogP contribution in [0.5, 0.6) is 0 Å². The van der Waals surface area contributed by atoms with Crippen LogP contribution < -0.4 is 4.90 Å². The fraction of sp³-hybridized carbons (Fsp3) is 0.360. The standard InChI is InChI=1S/C25H23F3N6O/c1-14-12-16(25(26,27)28)13-20(30-14)34-21(17-4-3-5-18(17)24(34)35)23-29-9-11-33(23)19-7-6-15-8-10-32(2)22(15)31-19/h6-13,17-18,21H,3-5H2,1-2H3. The van der Waals surface area contributed by atoms with E-state index in [9.17, 15) is 18.0 Å². The number of carbonyl (C=O) groups excluding carboxylic acids is 1. The minimum atomic E-state index is -4.54. The molecule has 0 radical (unpaired) electrons. The van der Waals surface area contributed by atoms with Crippen molar-refractivity contribution >= 4 is 22.8 Å². The summed E-state index contributed by atoms with van der Waals surface area (Å²) in [4.78, 5) is 28.7. The van der Waals surface area contributed by atoms with Gasteiger partial charge >= 0.3 is 6.18 Å². The zero-order valence-corrected chi connectivity index (χ0v) is 19.2. The van der Waals surface area contributed by atoms with Gasteiger partial charge in [-0.15, -0.1) is 0 Å². The Bertz CT molecular complexity index is 1460. The van der Waals surface area contributed by atoms with E-state index in [1.807, 2.05) is 40.6 Å². The fourth-order valence-electron chi connectivity index (χ4n) is 5.67. The van der Waals surface area contributed by atoms with Gasteiger partial charge in [0.05, 0.1) is 5.56 Å². The van der Waals surface area contributed by atoms with Crippen molar-refractivity contribution in [2.24, 2.45) is 18.9 Å². The number of imidazole rings is 1. The second-order valence-corrected chi connectivity index (χ2v) is 9.37. The molecule has 4 aromatic heterocycles. The van der Waals surface area contributed by atoms with Crippen molar-refractivity contribution in [2.75, 3.05) is 4.90 Å². The molecule has 5 heterocycles. The molecule has 0 aromatic carbocycles. The van der Waals surface area contributed by atoms with Crippen LogP contribution >= 0.6 is 0 Å². The Kier molecular flexibility index (Phi) is 4.77. The highest BCUT2D eigenvalue weighted by Gasteiger charge is 2.53. The monoisotopic (exact) mass is 480 g/mol. The molecule has 0 spiro atoms. The number of amides is 1. The van der Waals surface area contributed by atoms with Crippen LogP contribution in [0.1, 0.15) is 42.4 Å². The largest absolute Gasteiger partial charge is 0.416 e. The Balaban J connectivity index is 1.50. The van der Waals surface area contributed by atoms with Crippen molar-refractivity contribution in [3.05, 3.63) is 66.0 Å². The van der Waals surface area contributed by atoms with Gasteiger partial charge in [0.15, 0.2) is 0 Å². The maximum Gasteiger partial charge on any atom is 0.416 e. The molecule has 7 nitrogen and oxygen atoms in total. The second kappa shape index (κ2) is 7.66. The summed E-state index contributed by atoms with van der Waals surface area (Å²) in [6.07, 6.45) is 3.22. The molecule has 2 fully saturated rings. The van der Waals surface area contributed by atoms with E-state index in [2.05, 4.69) is 9.97 Å². The summed E-state index contributed by atoms with van der Waals surface area (Å²) < 4.78 is 44.5. The quantitative estimate of drug-likeness (QED) is 0.415. The van der Waals surface area contributed by atoms with Gasteiger partial charge in [0.25, 0.3) is 0 Å². The minimum Gasteiger partial charge on any atom is -0.336 e. The summed E-state index contributed by atoms with van der Waals surface area (Å²) in [5.41, 5.74) is 0.191. The predicted octanol–water partition coefficient (Wildman–Crippen LogP) is 4.99. The lowest BCUT2D eigenvalue weighted by molar-refractivity contribution is -0.137. The van der Waals surface area contributed by atoms with E-state index in [1.165, 1.54) is 11.8 Å². The van der Waals surface area contributed by atoms with E-state index in [4.69, 9.17) is 4.98 Å². The minimum absolute atomic E-state index is 0.0159. The number of rotatable bonds is 3. The smallest absolute Gasteiger partial charge is 0.336 e. The lowest BCUT2D eigenvalue weighted by atomic mass is 9.93. The molecular formula is C25H23F3N6O. The Morgan fingerprint density at radius 1 is 1.03 bits per heavy atom. The van der Waals surface area contributed by atoms with Crippen LogP contribution in [0, 0.1) is 18.8 Å². The van der Waals surface area contributed by atoms with E-state index in [1.54, 1.807) is 12.4 Å². The van der Waals surface area contributed by atoms with Crippen LogP contribution in [0.4, 0.5) is 19.0 Å². The average molecular weight is 480 g/mol. The van der Waals surface area contributed by atoms with E-state index >= 15 is 0 Å². The molecule has 3 unspecified atom stereocenters. The summed E-state index contributed by atoms with van der Waals surface area (Å²) in [6.45, 7) is 1.51. The van der Waals surface area contributed by atoms with Crippen LogP contribution in [0.15, 0.2) is 48.9 Å². The van der Waals surface area contributed by atoms with Crippen molar-refractivity contribution < 1.29 is 18.0 Å². The van der Waals surface area contributed by atoms with Crippen LogP contribution in [0.25, 0.3) is 16.9 Å². The van der Waals surface area contributed by atoms with Crippen molar-refractivity contribution in [2.45, 2.75) is 38.4 Å². The normalized spacial score (nSPS) is 22.4. The van der Waals surface area contributed by atoms with E-state index in [0.29, 0.717) is 18.1 Å². The summed E-state index contributed by atoms with van der Waals surface area (Å²) in [6, 6.07) is 7.26. The van der Waals surface area contributed by atoms with E-state index in [-0.39, 0.29) is 29.3 Å². The third kappa shape index (κ3) is 3.42. The molecule has 35 heavy (non-hydrogen) atoms. The Hall–Kier alpha value is -3.69. The zero-order valence-electron chi connectivity index (χ0n) is 19.2. The molecule has 1 saturated heterocycles. The van der Waals surface area contributed by atoms with Gasteiger partial charge < -0.3 is 4.57 Å². The van der Waals surface area contributed by atoms with E-state index < -0.39 is 17.8 Å². The molecule has 1 aliphatic heterocycles. The number of fused-ring (bicyclic) bond motifs is 2. The van der Waals surface area contributed by atoms with Gasteiger partial charge in [-0.1, -0.05) is 6.42 Å². The number of anilines is 1. The molecule has 0 bridgehead atoms. The first kappa shape index (κ1) is 21.8. The predicted molar refractivity (Wildman–Crippen MR) is 123 cm³/mol. The van der Waals surface area contributed by atoms with Crippen LogP contribution in [-0.2, 0) is 18.0 Å². The number of aryl methyl sites for hydroxylation is 2. The highest BCUT2D eigenvalue weighted by molar-refractivity contribution is 5.98. The number of carbonyl (C=O) groups is 1. The number of hydrogen-bond donors (Lipinski definition) is 0. The Morgan fingerprint density at radius 3 is 2.66 bits per heavy atom. The third-order valence-corrected chi connectivity index (χ3v) is 7.20. The van der Waals surface area contributed by atoms with Gasteiger partial charge in [-0.25, -0.2) is 15.0 Å². The van der Waals surface area contributed by atoms with Gasteiger partial charge in [-0.3, -0.25) is 14.3 Å². The number of halogens is 3. The van der Waals surface area contributed by atoms with Gasteiger partial charge in [0, 0.05) is 42.6 Å². The summed E-state index contributed by atoms with van der Waals surface area (Å²) >= 11 is 0. The lowest BCUT2D eigenvalue weighted by Gasteiger charge is -2.28. The summed E-state index contributed by atoms with van der Waals surface area (Å²) in [5, 5.41) is 0.995. The number of hydrogen-bond acceptors (Lipinski definition) is 4. The van der Waals surface area contributed by atoms with Gasteiger partial charge in [0.2, 0.25) is 5.91 Å². The molecule has 6 rings (SSSR count). The zero-order chi connectivity index (χ0) is 24.5. The van der Waals surface area contributed by atoms with Crippen molar-refractivity contribution in [3.63, 3.8) is 0 Å². The molecule has 2 aliphatic rings.